The van der Waals surface area contributed by atoms with E-state index >= 15 is 0 Å². The second-order valence-electron chi connectivity index (χ2n) is 8.76. The van der Waals surface area contributed by atoms with Gasteiger partial charge in [0.15, 0.2) is 5.43 Å². The van der Waals surface area contributed by atoms with Crippen LogP contribution in [0.3, 0.4) is 0 Å². The van der Waals surface area contributed by atoms with Crippen molar-refractivity contribution in [3.8, 4) is 11.5 Å². The van der Waals surface area contributed by atoms with Gasteiger partial charge in [-0.15, -0.1) is 0 Å². The van der Waals surface area contributed by atoms with E-state index in [1.807, 2.05) is 0 Å². The van der Waals surface area contributed by atoms with Gasteiger partial charge < -0.3 is 14.1 Å². The SMILES string of the molecule is O=C1c2oc3ccccc3c(=O)c2C(c2cccc(Oc3ccc(F)cc3)c2)N1Cc1ccc(F)cc1. The van der Waals surface area contributed by atoms with E-state index in [0.29, 0.717) is 33.6 Å². The minimum absolute atomic E-state index is 0.0133. The molecule has 1 atom stereocenters. The smallest absolute Gasteiger partial charge is 0.291 e. The van der Waals surface area contributed by atoms with E-state index in [0.717, 1.165) is 0 Å². The van der Waals surface area contributed by atoms with Gasteiger partial charge in [0, 0.05) is 6.54 Å². The minimum atomic E-state index is -0.759. The van der Waals surface area contributed by atoms with Crippen molar-refractivity contribution in [3.05, 3.63) is 141 Å². The van der Waals surface area contributed by atoms with Gasteiger partial charge >= 0.3 is 0 Å². The molecule has 5 aromatic rings. The molecule has 1 amide bonds. The Kier molecular flexibility index (Phi) is 5.53. The van der Waals surface area contributed by atoms with Gasteiger partial charge in [-0.05, 0) is 71.8 Å². The zero-order valence-electron chi connectivity index (χ0n) is 19.4. The summed E-state index contributed by atoms with van der Waals surface area (Å²) in [5.74, 6) is -0.313. The first-order valence-electron chi connectivity index (χ1n) is 11.6. The molecular weight excluding hydrogens is 476 g/mol. The van der Waals surface area contributed by atoms with Crippen molar-refractivity contribution in [2.75, 3.05) is 0 Å². The number of ether oxygens (including phenoxy) is 1. The fourth-order valence-electron chi connectivity index (χ4n) is 4.65. The molecule has 1 aliphatic heterocycles. The molecule has 4 aromatic carbocycles. The number of hydrogen-bond acceptors (Lipinski definition) is 4. The predicted molar refractivity (Wildman–Crippen MR) is 134 cm³/mol. The minimum Gasteiger partial charge on any atom is -0.457 e. The highest BCUT2D eigenvalue weighted by atomic mass is 19.1. The molecule has 37 heavy (non-hydrogen) atoms. The number of rotatable bonds is 5. The van der Waals surface area contributed by atoms with Crippen molar-refractivity contribution in [1.29, 1.82) is 0 Å². The van der Waals surface area contributed by atoms with Gasteiger partial charge in [0.05, 0.1) is 17.0 Å². The third-order valence-electron chi connectivity index (χ3n) is 6.36. The average Bonchev–Trinajstić information content (AvgIpc) is 3.18. The molecule has 7 heteroatoms. The molecular formula is C30H19F2NO4. The maximum atomic E-state index is 13.6. The third-order valence-corrected chi connectivity index (χ3v) is 6.36. The van der Waals surface area contributed by atoms with Crippen LogP contribution in [-0.2, 0) is 6.54 Å². The lowest BCUT2D eigenvalue weighted by molar-refractivity contribution is 0.0714. The molecule has 6 rings (SSSR count). The topological polar surface area (TPSA) is 59.8 Å². The van der Waals surface area contributed by atoms with Gasteiger partial charge in [0.1, 0.15) is 28.7 Å². The van der Waals surface area contributed by atoms with Crippen molar-refractivity contribution in [2.45, 2.75) is 12.6 Å². The summed E-state index contributed by atoms with van der Waals surface area (Å²) < 4.78 is 38.7. The largest absolute Gasteiger partial charge is 0.457 e. The maximum Gasteiger partial charge on any atom is 0.291 e. The Hall–Kier alpha value is -4.78. The van der Waals surface area contributed by atoms with Crippen LogP contribution in [0.15, 0.2) is 106 Å². The highest BCUT2D eigenvalue weighted by molar-refractivity contribution is 5.99. The first kappa shape index (κ1) is 22.7. The Balaban J connectivity index is 1.47. The Morgan fingerprint density at radius 3 is 2.24 bits per heavy atom. The fourth-order valence-corrected chi connectivity index (χ4v) is 4.65. The van der Waals surface area contributed by atoms with E-state index in [1.165, 1.54) is 36.4 Å². The molecule has 0 fully saturated rings. The predicted octanol–water partition coefficient (Wildman–Crippen LogP) is 6.61. The standard InChI is InChI=1S/C30H19F2NO4/c31-20-10-8-18(9-11-20)17-33-27(19-4-3-5-23(16-19)36-22-14-12-21(32)13-15-22)26-28(34)24-6-1-2-7-25(24)37-29(26)30(33)35/h1-16,27H,17H2. The second kappa shape index (κ2) is 9.02. The molecule has 0 radical (unpaired) electrons. The van der Waals surface area contributed by atoms with Crippen LogP contribution >= 0.6 is 0 Å². The third kappa shape index (κ3) is 4.14. The molecule has 5 nitrogen and oxygen atoms in total. The number of benzene rings is 4. The van der Waals surface area contributed by atoms with Crippen LogP contribution in [0.1, 0.15) is 33.3 Å². The molecule has 0 saturated carbocycles. The van der Waals surface area contributed by atoms with Crippen molar-refractivity contribution >= 4 is 16.9 Å². The summed E-state index contributed by atoms with van der Waals surface area (Å²) in [6, 6.07) is 24.5. The van der Waals surface area contributed by atoms with Gasteiger partial charge in [-0.3, -0.25) is 9.59 Å². The number of carbonyl (C=O) groups excluding carboxylic acids is 1. The first-order valence-corrected chi connectivity index (χ1v) is 11.6. The van der Waals surface area contributed by atoms with Crippen LogP contribution in [0.4, 0.5) is 8.78 Å². The second-order valence-corrected chi connectivity index (χ2v) is 8.76. The molecule has 0 spiro atoms. The Bertz CT molecular complexity index is 1690. The van der Waals surface area contributed by atoms with E-state index in [9.17, 15) is 18.4 Å². The Morgan fingerprint density at radius 2 is 1.49 bits per heavy atom. The van der Waals surface area contributed by atoms with E-state index in [2.05, 4.69) is 0 Å². The number of carbonyl (C=O) groups is 1. The molecule has 0 aliphatic carbocycles. The number of fused-ring (bicyclic) bond motifs is 2. The lowest BCUT2D eigenvalue weighted by atomic mass is 9.98. The van der Waals surface area contributed by atoms with Gasteiger partial charge in [0.2, 0.25) is 5.76 Å². The van der Waals surface area contributed by atoms with E-state index < -0.39 is 11.9 Å². The number of amides is 1. The first-order chi connectivity index (χ1) is 18.0. The Labute approximate surface area is 210 Å². The molecule has 0 saturated heterocycles. The van der Waals surface area contributed by atoms with Crippen molar-refractivity contribution in [1.82, 2.24) is 4.90 Å². The highest BCUT2D eigenvalue weighted by Gasteiger charge is 2.42. The summed E-state index contributed by atoms with van der Waals surface area (Å²) in [4.78, 5) is 28.8. The van der Waals surface area contributed by atoms with Crippen LogP contribution < -0.4 is 10.2 Å². The summed E-state index contributed by atoms with van der Waals surface area (Å²) >= 11 is 0. The molecule has 0 bridgehead atoms. The summed E-state index contributed by atoms with van der Waals surface area (Å²) in [5, 5.41) is 0.376. The summed E-state index contributed by atoms with van der Waals surface area (Å²) in [6.07, 6.45) is 0. The maximum absolute atomic E-state index is 13.6. The zero-order valence-corrected chi connectivity index (χ0v) is 19.4. The van der Waals surface area contributed by atoms with Gasteiger partial charge in [-0.2, -0.15) is 0 Å². The summed E-state index contributed by atoms with van der Waals surface area (Å²) in [7, 11) is 0. The fraction of sp³-hybridized carbons (Fsp3) is 0.0667. The molecule has 0 N–H and O–H groups in total. The molecule has 1 unspecified atom stereocenters. The summed E-state index contributed by atoms with van der Waals surface area (Å²) in [6.45, 7) is 0.132. The highest BCUT2D eigenvalue weighted by Crippen LogP contribution is 2.40. The monoisotopic (exact) mass is 495 g/mol. The van der Waals surface area contributed by atoms with Crippen LogP contribution in [0, 0.1) is 11.6 Å². The van der Waals surface area contributed by atoms with E-state index in [4.69, 9.17) is 9.15 Å². The van der Waals surface area contributed by atoms with Crippen LogP contribution in [0.5, 0.6) is 11.5 Å². The van der Waals surface area contributed by atoms with Crippen LogP contribution in [-0.4, -0.2) is 10.8 Å². The molecule has 1 aliphatic rings. The summed E-state index contributed by atoms with van der Waals surface area (Å²) in [5.41, 5.74) is 1.61. The van der Waals surface area contributed by atoms with Crippen LogP contribution in [0.25, 0.3) is 11.0 Å². The lowest BCUT2D eigenvalue weighted by Gasteiger charge is -2.25. The zero-order chi connectivity index (χ0) is 25.5. The Morgan fingerprint density at radius 1 is 0.784 bits per heavy atom. The molecule has 1 aromatic heterocycles. The normalized spacial score (nSPS) is 14.7. The number of hydrogen-bond donors (Lipinski definition) is 0. The molecule has 2 heterocycles. The number of halogens is 2. The van der Waals surface area contributed by atoms with E-state index in [1.54, 1.807) is 65.6 Å². The van der Waals surface area contributed by atoms with Crippen molar-refractivity contribution in [2.24, 2.45) is 0 Å². The quantitative estimate of drug-likeness (QED) is 0.275. The van der Waals surface area contributed by atoms with Gasteiger partial charge in [0.25, 0.3) is 5.91 Å². The number of nitrogens with zero attached hydrogens (tertiary/aromatic N) is 1. The molecule has 182 valence electrons. The van der Waals surface area contributed by atoms with Crippen LogP contribution in [0.2, 0.25) is 0 Å². The number of para-hydroxylation sites is 1. The van der Waals surface area contributed by atoms with Gasteiger partial charge in [-0.1, -0.05) is 36.4 Å². The van der Waals surface area contributed by atoms with Crippen molar-refractivity contribution in [3.63, 3.8) is 0 Å². The van der Waals surface area contributed by atoms with E-state index in [-0.39, 0.29) is 34.9 Å². The lowest BCUT2D eigenvalue weighted by Crippen LogP contribution is -2.29. The van der Waals surface area contributed by atoms with Gasteiger partial charge in [-0.25, -0.2) is 8.78 Å². The van der Waals surface area contributed by atoms with Crippen molar-refractivity contribution < 1.29 is 22.7 Å². The average molecular weight is 495 g/mol.